The van der Waals surface area contributed by atoms with Crippen LogP contribution in [0, 0.1) is 0 Å². The smallest absolute Gasteiger partial charge is 0.302 e. The molecule has 0 spiro atoms. The molecule has 150 valence electrons. The van der Waals surface area contributed by atoms with Gasteiger partial charge in [0, 0.05) is 17.9 Å². The Hall–Kier alpha value is -1.86. The molecule has 1 fully saturated rings. The molecule has 1 heterocycles. The number of hydrogen-bond donors (Lipinski definition) is 1. The Labute approximate surface area is 170 Å². The predicted octanol–water partition coefficient (Wildman–Crippen LogP) is 3.54. The maximum Gasteiger partial charge on any atom is 0.302 e. The van der Waals surface area contributed by atoms with Crippen molar-refractivity contribution in [3.05, 3.63) is 71.8 Å². The van der Waals surface area contributed by atoms with E-state index in [0.717, 1.165) is 11.3 Å². The van der Waals surface area contributed by atoms with E-state index in [2.05, 4.69) is 12.1 Å². The van der Waals surface area contributed by atoms with Crippen LogP contribution in [-0.4, -0.2) is 41.4 Å². The Morgan fingerprint density at radius 1 is 1.11 bits per heavy atom. The molecule has 2 aromatic carbocycles. The van der Waals surface area contributed by atoms with Gasteiger partial charge < -0.3 is 19.3 Å². The second-order valence-electron chi connectivity index (χ2n) is 6.78. The molecule has 1 N–H and O–H groups in total. The van der Waals surface area contributed by atoms with Crippen LogP contribution in [0.15, 0.2) is 60.7 Å². The molecule has 0 unspecified atom stereocenters. The number of carbonyl (C=O) groups is 1. The van der Waals surface area contributed by atoms with E-state index < -0.39 is 12.4 Å². The van der Waals surface area contributed by atoms with Crippen LogP contribution in [0.3, 0.4) is 0 Å². The van der Waals surface area contributed by atoms with Crippen LogP contribution >= 0.6 is 11.8 Å². The van der Waals surface area contributed by atoms with E-state index in [0.29, 0.717) is 13.0 Å². The standard InChI is InChI=1S/C22H26O5S/c1-16(23)25-14-20-21(28-15-18-10-6-3-7-11-18)12-19(24)22(27-20)26-13-17-8-4-2-5-9-17/h2-11,19-22,24H,12-15H2,1H3/t19-,20+,21+,22-/m0/s1. The monoisotopic (exact) mass is 402 g/mol. The minimum atomic E-state index is -0.741. The van der Waals surface area contributed by atoms with E-state index in [1.165, 1.54) is 12.5 Å². The fourth-order valence-electron chi connectivity index (χ4n) is 3.05. The van der Waals surface area contributed by atoms with Crippen molar-refractivity contribution in [3.8, 4) is 0 Å². The maximum atomic E-state index is 11.3. The molecule has 3 rings (SSSR count). The van der Waals surface area contributed by atoms with Gasteiger partial charge in [-0.2, -0.15) is 11.8 Å². The molecule has 1 aliphatic rings. The van der Waals surface area contributed by atoms with Gasteiger partial charge in [-0.1, -0.05) is 60.7 Å². The van der Waals surface area contributed by atoms with Crippen molar-refractivity contribution in [2.75, 3.05) is 6.61 Å². The largest absolute Gasteiger partial charge is 0.463 e. The third-order valence-electron chi connectivity index (χ3n) is 4.53. The summed E-state index contributed by atoms with van der Waals surface area (Å²) in [6.45, 7) is 1.89. The number of benzene rings is 2. The van der Waals surface area contributed by atoms with E-state index in [4.69, 9.17) is 14.2 Å². The molecule has 2 aromatic rings. The van der Waals surface area contributed by atoms with Crippen LogP contribution in [0.25, 0.3) is 0 Å². The van der Waals surface area contributed by atoms with Gasteiger partial charge in [0.05, 0.1) is 6.61 Å². The van der Waals surface area contributed by atoms with Crippen molar-refractivity contribution in [3.63, 3.8) is 0 Å². The van der Waals surface area contributed by atoms with Crippen molar-refractivity contribution in [1.82, 2.24) is 0 Å². The van der Waals surface area contributed by atoms with Crippen molar-refractivity contribution < 1.29 is 24.1 Å². The van der Waals surface area contributed by atoms with Gasteiger partial charge in [-0.05, 0) is 17.5 Å². The van der Waals surface area contributed by atoms with Crippen molar-refractivity contribution in [2.45, 2.75) is 49.5 Å². The fraction of sp³-hybridized carbons (Fsp3) is 0.409. The van der Waals surface area contributed by atoms with E-state index in [-0.39, 0.29) is 23.9 Å². The molecular formula is C22H26O5S. The SMILES string of the molecule is CC(=O)OC[C@H]1O[C@H](OCc2ccccc2)[C@@H](O)C[C@H]1SCc1ccccc1. The molecular weight excluding hydrogens is 376 g/mol. The summed E-state index contributed by atoms with van der Waals surface area (Å²) in [6.07, 6.45) is -1.29. The first-order chi connectivity index (χ1) is 13.6. The van der Waals surface area contributed by atoms with E-state index in [1.807, 2.05) is 48.5 Å². The zero-order valence-electron chi connectivity index (χ0n) is 15.9. The molecule has 0 amide bonds. The Balaban J connectivity index is 1.59. The highest BCUT2D eigenvalue weighted by atomic mass is 32.2. The minimum absolute atomic E-state index is 0.00568. The summed E-state index contributed by atoms with van der Waals surface area (Å²) in [5.41, 5.74) is 2.21. The van der Waals surface area contributed by atoms with Crippen LogP contribution < -0.4 is 0 Å². The normalized spacial score (nSPS) is 24.6. The van der Waals surface area contributed by atoms with Gasteiger partial charge in [0.2, 0.25) is 0 Å². The molecule has 5 nitrogen and oxygen atoms in total. The minimum Gasteiger partial charge on any atom is -0.463 e. The zero-order valence-corrected chi connectivity index (χ0v) is 16.7. The fourth-order valence-corrected chi connectivity index (χ4v) is 4.34. The first-order valence-electron chi connectivity index (χ1n) is 9.40. The Bertz CT molecular complexity index is 724. The lowest BCUT2D eigenvalue weighted by atomic mass is 10.1. The molecule has 0 bridgehead atoms. The Morgan fingerprint density at radius 2 is 1.75 bits per heavy atom. The van der Waals surface area contributed by atoms with Gasteiger partial charge in [0.25, 0.3) is 0 Å². The Kier molecular flexibility index (Phi) is 7.91. The van der Waals surface area contributed by atoms with Crippen molar-refractivity contribution >= 4 is 17.7 Å². The highest BCUT2D eigenvalue weighted by Crippen LogP contribution is 2.32. The van der Waals surface area contributed by atoms with Crippen LogP contribution in [0.5, 0.6) is 0 Å². The van der Waals surface area contributed by atoms with Gasteiger partial charge in [-0.25, -0.2) is 0 Å². The third kappa shape index (κ3) is 6.34. The summed E-state index contributed by atoms with van der Waals surface area (Å²) >= 11 is 1.70. The van der Waals surface area contributed by atoms with E-state index in [1.54, 1.807) is 11.8 Å². The number of rotatable bonds is 8. The lowest BCUT2D eigenvalue weighted by Crippen LogP contribution is -2.49. The van der Waals surface area contributed by atoms with Gasteiger partial charge >= 0.3 is 5.97 Å². The van der Waals surface area contributed by atoms with Crippen LogP contribution in [-0.2, 0) is 31.4 Å². The lowest BCUT2D eigenvalue weighted by Gasteiger charge is -2.38. The third-order valence-corrected chi connectivity index (χ3v) is 5.95. The summed E-state index contributed by atoms with van der Waals surface area (Å²) in [7, 11) is 0. The van der Waals surface area contributed by atoms with Crippen molar-refractivity contribution in [1.29, 1.82) is 0 Å². The Morgan fingerprint density at radius 3 is 2.39 bits per heavy atom. The quantitative estimate of drug-likeness (QED) is 0.682. The second-order valence-corrected chi connectivity index (χ2v) is 8.01. The maximum absolute atomic E-state index is 11.3. The van der Waals surface area contributed by atoms with Crippen LogP contribution in [0.1, 0.15) is 24.5 Å². The average molecular weight is 403 g/mol. The van der Waals surface area contributed by atoms with Crippen LogP contribution in [0.4, 0.5) is 0 Å². The molecule has 28 heavy (non-hydrogen) atoms. The zero-order chi connectivity index (χ0) is 19.8. The van der Waals surface area contributed by atoms with Gasteiger partial charge in [-0.15, -0.1) is 0 Å². The molecule has 0 aliphatic carbocycles. The number of thioether (sulfide) groups is 1. The molecule has 0 saturated carbocycles. The number of hydrogen-bond acceptors (Lipinski definition) is 6. The highest BCUT2D eigenvalue weighted by Gasteiger charge is 2.38. The van der Waals surface area contributed by atoms with E-state index in [9.17, 15) is 9.90 Å². The van der Waals surface area contributed by atoms with Crippen LogP contribution in [0.2, 0.25) is 0 Å². The summed E-state index contributed by atoms with van der Waals surface area (Å²) < 4.78 is 17.0. The summed E-state index contributed by atoms with van der Waals surface area (Å²) in [6, 6.07) is 19.9. The highest BCUT2D eigenvalue weighted by molar-refractivity contribution is 7.99. The number of esters is 1. The number of carbonyl (C=O) groups excluding carboxylic acids is 1. The first-order valence-corrected chi connectivity index (χ1v) is 10.4. The van der Waals surface area contributed by atoms with E-state index >= 15 is 0 Å². The molecule has 6 heteroatoms. The molecule has 4 atom stereocenters. The average Bonchev–Trinajstić information content (AvgIpc) is 2.72. The van der Waals surface area contributed by atoms with Crippen molar-refractivity contribution in [2.24, 2.45) is 0 Å². The summed E-state index contributed by atoms with van der Waals surface area (Å²) in [5.74, 6) is 0.455. The second kappa shape index (κ2) is 10.6. The molecule has 1 aliphatic heterocycles. The number of aliphatic hydroxyl groups excluding tert-OH is 1. The number of ether oxygens (including phenoxy) is 3. The summed E-state index contributed by atoms with van der Waals surface area (Å²) in [4.78, 5) is 11.3. The lowest BCUT2D eigenvalue weighted by molar-refractivity contribution is -0.248. The topological polar surface area (TPSA) is 65.0 Å². The predicted molar refractivity (Wildman–Crippen MR) is 109 cm³/mol. The molecule has 0 aromatic heterocycles. The number of aliphatic hydroxyl groups is 1. The van der Waals surface area contributed by atoms with Gasteiger partial charge in [-0.3, -0.25) is 4.79 Å². The molecule has 1 saturated heterocycles. The van der Waals surface area contributed by atoms with Gasteiger partial charge in [0.1, 0.15) is 18.8 Å². The summed E-state index contributed by atoms with van der Waals surface area (Å²) in [5, 5.41) is 10.5. The first kappa shape index (κ1) is 20.9. The molecule has 0 radical (unpaired) electrons. The van der Waals surface area contributed by atoms with Gasteiger partial charge in [0.15, 0.2) is 6.29 Å².